The van der Waals surface area contributed by atoms with Crippen molar-refractivity contribution in [1.82, 2.24) is 0 Å². The van der Waals surface area contributed by atoms with Gasteiger partial charge in [0.2, 0.25) is 0 Å². The van der Waals surface area contributed by atoms with Crippen molar-refractivity contribution in [3.63, 3.8) is 0 Å². The van der Waals surface area contributed by atoms with Crippen LogP contribution < -0.4 is 5.73 Å². The lowest BCUT2D eigenvalue weighted by molar-refractivity contribution is 0.0993. The molecule has 0 saturated carbocycles. The number of ketones is 1. The fourth-order valence-corrected chi connectivity index (χ4v) is 2.31. The van der Waals surface area contributed by atoms with Crippen molar-refractivity contribution >= 4 is 11.5 Å². The summed E-state index contributed by atoms with van der Waals surface area (Å²) < 4.78 is 0. The number of rotatable bonds is 3. The lowest BCUT2D eigenvalue weighted by Gasteiger charge is -2.06. The van der Waals surface area contributed by atoms with E-state index in [1.165, 1.54) is 11.1 Å². The molecule has 0 heterocycles. The highest BCUT2D eigenvalue weighted by Gasteiger charge is 2.09. The highest BCUT2D eigenvalue weighted by Crippen LogP contribution is 2.16. The van der Waals surface area contributed by atoms with Gasteiger partial charge in [-0.1, -0.05) is 29.3 Å². The van der Waals surface area contributed by atoms with Crippen molar-refractivity contribution in [1.29, 1.82) is 0 Å². The summed E-state index contributed by atoms with van der Waals surface area (Å²) in [7, 11) is 0. The fourth-order valence-electron chi connectivity index (χ4n) is 2.31. The van der Waals surface area contributed by atoms with Gasteiger partial charge in [-0.3, -0.25) is 4.79 Å². The first-order chi connectivity index (χ1) is 8.95. The van der Waals surface area contributed by atoms with E-state index in [9.17, 15) is 4.79 Å². The smallest absolute Gasteiger partial charge is 0.167 e. The molecule has 0 saturated heterocycles. The third-order valence-electron chi connectivity index (χ3n) is 3.24. The van der Waals surface area contributed by atoms with E-state index >= 15 is 0 Å². The van der Waals surface area contributed by atoms with Gasteiger partial charge in [0.15, 0.2) is 5.78 Å². The Morgan fingerprint density at radius 2 is 1.63 bits per heavy atom. The number of nitrogen functional groups attached to an aromatic ring is 1. The van der Waals surface area contributed by atoms with Crippen LogP contribution in [0.15, 0.2) is 36.4 Å². The van der Waals surface area contributed by atoms with Crippen LogP contribution in [-0.4, -0.2) is 5.78 Å². The van der Waals surface area contributed by atoms with Gasteiger partial charge in [-0.15, -0.1) is 0 Å². The molecule has 2 N–H and O–H groups in total. The second-order valence-corrected chi connectivity index (χ2v) is 5.17. The first-order valence-corrected chi connectivity index (χ1v) is 6.42. The monoisotopic (exact) mass is 253 g/mol. The Kier molecular flexibility index (Phi) is 3.70. The van der Waals surface area contributed by atoms with E-state index in [-0.39, 0.29) is 5.78 Å². The first kappa shape index (κ1) is 13.3. The number of hydrogen-bond donors (Lipinski definition) is 1. The van der Waals surface area contributed by atoms with Gasteiger partial charge in [0.25, 0.3) is 0 Å². The number of Topliss-reactive ketones (excluding diaryl/α,β-unsaturated/α-hetero) is 1. The fraction of sp³-hybridized carbons (Fsp3) is 0.235. The van der Waals surface area contributed by atoms with Gasteiger partial charge in [0.05, 0.1) is 0 Å². The van der Waals surface area contributed by atoms with Gasteiger partial charge >= 0.3 is 0 Å². The Morgan fingerprint density at radius 1 is 1.00 bits per heavy atom. The molecule has 0 amide bonds. The molecule has 0 aromatic heterocycles. The van der Waals surface area contributed by atoms with Crippen LogP contribution in [0.5, 0.6) is 0 Å². The van der Waals surface area contributed by atoms with E-state index in [1.54, 1.807) is 12.1 Å². The lowest BCUT2D eigenvalue weighted by Crippen LogP contribution is -2.05. The minimum Gasteiger partial charge on any atom is -0.399 e. The van der Waals surface area contributed by atoms with Crippen LogP contribution in [0.4, 0.5) is 5.69 Å². The van der Waals surface area contributed by atoms with Crippen LogP contribution in [0.25, 0.3) is 0 Å². The van der Waals surface area contributed by atoms with Gasteiger partial charge in [0.1, 0.15) is 0 Å². The highest BCUT2D eigenvalue weighted by molar-refractivity contribution is 5.98. The summed E-state index contributed by atoms with van der Waals surface area (Å²) in [5.41, 5.74) is 11.6. The molecule has 0 unspecified atom stereocenters. The van der Waals surface area contributed by atoms with Gasteiger partial charge in [-0.25, -0.2) is 0 Å². The van der Waals surface area contributed by atoms with Crippen LogP contribution in [0.3, 0.4) is 0 Å². The molecule has 0 aliphatic rings. The summed E-state index contributed by atoms with van der Waals surface area (Å²) in [5.74, 6) is 0.133. The van der Waals surface area contributed by atoms with Crippen molar-refractivity contribution in [3.05, 3.63) is 64.2 Å². The quantitative estimate of drug-likeness (QED) is 0.670. The van der Waals surface area contributed by atoms with Gasteiger partial charge in [-0.05, 0) is 50.1 Å². The van der Waals surface area contributed by atoms with E-state index in [0.29, 0.717) is 6.42 Å². The van der Waals surface area contributed by atoms with Crippen molar-refractivity contribution < 1.29 is 4.79 Å². The molecule has 0 spiro atoms. The molecule has 0 atom stereocenters. The van der Waals surface area contributed by atoms with Crippen molar-refractivity contribution in [2.45, 2.75) is 27.2 Å². The molecule has 2 aromatic rings. The number of carbonyl (C=O) groups excluding carboxylic acids is 1. The normalized spacial score (nSPS) is 10.5. The average Bonchev–Trinajstić information content (AvgIpc) is 2.31. The number of carbonyl (C=O) groups is 1. The first-order valence-electron chi connectivity index (χ1n) is 6.42. The molecule has 2 heteroatoms. The average molecular weight is 253 g/mol. The van der Waals surface area contributed by atoms with E-state index in [0.717, 1.165) is 22.4 Å². The highest BCUT2D eigenvalue weighted by atomic mass is 16.1. The predicted octanol–water partition coefficient (Wildman–Crippen LogP) is 3.62. The summed E-state index contributed by atoms with van der Waals surface area (Å²) in [6.07, 6.45) is 0.436. The zero-order chi connectivity index (χ0) is 14.0. The minimum atomic E-state index is 0.133. The third-order valence-corrected chi connectivity index (χ3v) is 3.24. The predicted molar refractivity (Wildman–Crippen MR) is 79.5 cm³/mol. The van der Waals surface area contributed by atoms with Crippen molar-refractivity contribution in [2.75, 3.05) is 5.73 Å². The Balaban J connectivity index is 2.22. The molecule has 2 nitrogen and oxygen atoms in total. The number of benzene rings is 2. The summed E-state index contributed by atoms with van der Waals surface area (Å²) in [6.45, 7) is 6.02. The van der Waals surface area contributed by atoms with Crippen LogP contribution in [0, 0.1) is 20.8 Å². The SMILES string of the molecule is Cc1cc(C)cc(CC(=O)c2ccc(N)c(C)c2)c1. The third kappa shape index (κ3) is 3.22. The van der Waals surface area contributed by atoms with Gasteiger partial charge < -0.3 is 5.73 Å². The zero-order valence-electron chi connectivity index (χ0n) is 11.7. The number of aryl methyl sites for hydroxylation is 3. The van der Waals surface area contributed by atoms with Gasteiger partial charge in [0, 0.05) is 17.7 Å². The molecule has 0 radical (unpaired) electrons. The Morgan fingerprint density at radius 3 is 2.21 bits per heavy atom. The molecule has 0 aliphatic heterocycles. The van der Waals surface area contributed by atoms with Gasteiger partial charge in [-0.2, -0.15) is 0 Å². The second kappa shape index (κ2) is 5.27. The largest absolute Gasteiger partial charge is 0.399 e. The molecule has 2 rings (SSSR count). The van der Waals surface area contributed by atoms with E-state index in [1.807, 2.05) is 26.8 Å². The van der Waals surface area contributed by atoms with Crippen LogP contribution in [0.1, 0.15) is 32.6 Å². The molecule has 2 aromatic carbocycles. The number of anilines is 1. The standard InChI is InChI=1S/C17H19NO/c1-11-6-12(2)8-14(7-11)10-17(19)15-4-5-16(18)13(3)9-15/h4-9H,10,18H2,1-3H3. The topological polar surface area (TPSA) is 43.1 Å². The maximum Gasteiger partial charge on any atom is 0.167 e. The number of hydrogen-bond acceptors (Lipinski definition) is 2. The number of nitrogens with two attached hydrogens (primary N) is 1. The summed E-state index contributed by atoms with van der Waals surface area (Å²) >= 11 is 0. The molecule has 0 aliphatic carbocycles. The van der Waals surface area contributed by atoms with E-state index in [2.05, 4.69) is 18.2 Å². The Bertz CT molecular complexity index is 609. The van der Waals surface area contributed by atoms with Crippen LogP contribution >= 0.6 is 0 Å². The molecule has 0 bridgehead atoms. The Hall–Kier alpha value is -2.09. The van der Waals surface area contributed by atoms with Crippen molar-refractivity contribution in [2.24, 2.45) is 0 Å². The summed E-state index contributed by atoms with van der Waals surface area (Å²) in [5, 5.41) is 0. The van der Waals surface area contributed by atoms with Crippen LogP contribution in [0.2, 0.25) is 0 Å². The lowest BCUT2D eigenvalue weighted by atomic mass is 9.98. The molecule has 0 fully saturated rings. The summed E-state index contributed by atoms with van der Waals surface area (Å²) in [6, 6.07) is 11.7. The molecule has 98 valence electrons. The van der Waals surface area contributed by atoms with Crippen molar-refractivity contribution in [3.8, 4) is 0 Å². The molecular weight excluding hydrogens is 234 g/mol. The summed E-state index contributed by atoms with van der Waals surface area (Å²) in [4.78, 5) is 12.3. The zero-order valence-corrected chi connectivity index (χ0v) is 11.7. The molecular formula is C17H19NO. The van der Waals surface area contributed by atoms with Crippen LogP contribution in [-0.2, 0) is 6.42 Å². The molecule has 19 heavy (non-hydrogen) atoms. The maximum absolute atomic E-state index is 12.3. The van der Waals surface area contributed by atoms with E-state index in [4.69, 9.17) is 5.73 Å². The van der Waals surface area contributed by atoms with E-state index < -0.39 is 0 Å². The maximum atomic E-state index is 12.3. The Labute approximate surface area is 114 Å². The minimum absolute atomic E-state index is 0.133. The second-order valence-electron chi connectivity index (χ2n) is 5.17.